The standard InChI is InChI=1S/C17H24F3NO.CH5P/c1-5-7-10-16(4,17(18,19)20)13-11-12(3)8-9-14(13)21-15(22)6-2;1-2/h8-9,11H,5-7,10H2,1-4H3,(H,21,22);2H2,1H3. The highest BCUT2D eigenvalue weighted by molar-refractivity contribution is 7.15. The molecule has 0 aliphatic rings. The summed E-state index contributed by atoms with van der Waals surface area (Å²) in [4.78, 5) is 11.6. The molecular formula is C18H29F3NOP. The van der Waals surface area contributed by atoms with Crippen LogP contribution in [0, 0.1) is 6.92 Å². The zero-order valence-corrected chi connectivity index (χ0v) is 16.3. The van der Waals surface area contributed by atoms with E-state index in [0.717, 1.165) is 5.56 Å². The number of carbonyl (C=O) groups is 1. The van der Waals surface area contributed by atoms with Gasteiger partial charge in [0.2, 0.25) is 5.91 Å². The van der Waals surface area contributed by atoms with Crippen molar-refractivity contribution in [2.75, 3.05) is 12.0 Å². The van der Waals surface area contributed by atoms with Gasteiger partial charge in [-0.15, -0.1) is 9.24 Å². The SMILES string of the molecule is CCCCC(C)(c1cc(C)ccc1NC(=O)CC)C(F)(F)F.CP. The van der Waals surface area contributed by atoms with E-state index in [1.165, 1.54) is 13.0 Å². The van der Waals surface area contributed by atoms with Gasteiger partial charge < -0.3 is 5.32 Å². The van der Waals surface area contributed by atoms with Crippen LogP contribution in [0.15, 0.2) is 18.2 Å². The molecule has 2 unspecified atom stereocenters. The van der Waals surface area contributed by atoms with Crippen molar-refractivity contribution in [3.05, 3.63) is 29.3 Å². The molecule has 2 atom stereocenters. The lowest BCUT2D eigenvalue weighted by Crippen LogP contribution is -2.40. The van der Waals surface area contributed by atoms with E-state index in [2.05, 4.69) is 14.6 Å². The van der Waals surface area contributed by atoms with Gasteiger partial charge in [-0.2, -0.15) is 13.2 Å². The minimum atomic E-state index is -4.37. The molecule has 1 aromatic carbocycles. The Bertz CT molecular complexity index is 531. The molecule has 0 bridgehead atoms. The van der Waals surface area contributed by atoms with E-state index in [0.29, 0.717) is 12.8 Å². The van der Waals surface area contributed by atoms with Crippen molar-refractivity contribution in [2.24, 2.45) is 0 Å². The van der Waals surface area contributed by atoms with E-state index >= 15 is 0 Å². The first-order valence-corrected chi connectivity index (χ1v) is 9.36. The van der Waals surface area contributed by atoms with Crippen LogP contribution in [-0.4, -0.2) is 18.7 Å². The number of carbonyl (C=O) groups excluding carboxylic acids is 1. The first-order chi connectivity index (χ1) is 11.2. The average Bonchev–Trinajstić information content (AvgIpc) is 2.54. The van der Waals surface area contributed by atoms with Gasteiger partial charge in [-0.05, 0) is 31.9 Å². The number of aryl methyl sites for hydroxylation is 1. The third kappa shape index (κ3) is 5.77. The van der Waals surface area contributed by atoms with Crippen LogP contribution < -0.4 is 5.32 Å². The topological polar surface area (TPSA) is 29.1 Å². The summed E-state index contributed by atoms with van der Waals surface area (Å²) in [5.74, 6) is -0.287. The number of hydrogen-bond acceptors (Lipinski definition) is 1. The molecule has 1 rings (SSSR count). The molecule has 0 saturated carbocycles. The van der Waals surface area contributed by atoms with Gasteiger partial charge in [0.15, 0.2) is 0 Å². The molecule has 1 aromatic rings. The zero-order chi connectivity index (χ0) is 19.0. The second-order valence-electron chi connectivity index (χ2n) is 5.88. The molecule has 2 nitrogen and oxygen atoms in total. The van der Waals surface area contributed by atoms with Crippen LogP contribution in [0.1, 0.15) is 57.6 Å². The number of anilines is 1. The first kappa shape index (κ1) is 22.9. The van der Waals surface area contributed by atoms with Crippen LogP contribution in [-0.2, 0) is 10.2 Å². The van der Waals surface area contributed by atoms with Gasteiger partial charge in [0.25, 0.3) is 0 Å². The summed E-state index contributed by atoms with van der Waals surface area (Å²) in [6.07, 6.45) is -2.97. The Hall–Kier alpha value is -1.09. The molecule has 1 N–H and O–H groups in total. The van der Waals surface area contributed by atoms with E-state index in [1.807, 2.05) is 13.6 Å². The average molecular weight is 363 g/mol. The molecule has 0 aliphatic carbocycles. The lowest BCUT2D eigenvalue weighted by Gasteiger charge is -2.34. The van der Waals surface area contributed by atoms with E-state index in [-0.39, 0.29) is 30.0 Å². The van der Waals surface area contributed by atoms with E-state index in [9.17, 15) is 18.0 Å². The maximum absolute atomic E-state index is 13.7. The number of rotatable bonds is 6. The molecule has 24 heavy (non-hydrogen) atoms. The number of benzene rings is 1. The van der Waals surface area contributed by atoms with Gasteiger partial charge in [0.1, 0.15) is 0 Å². The summed E-state index contributed by atoms with van der Waals surface area (Å²) in [7, 11) is 2.42. The monoisotopic (exact) mass is 363 g/mol. The molecule has 0 radical (unpaired) electrons. The lowest BCUT2D eigenvalue weighted by atomic mass is 9.76. The van der Waals surface area contributed by atoms with Crippen molar-refractivity contribution in [2.45, 2.75) is 65.0 Å². The third-order valence-electron chi connectivity index (χ3n) is 4.02. The van der Waals surface area contributed by atoms with Crippen LogP contribution >= 0.6 is 9.24 Å². The van der Waals surface area contributed by atoms with Crippen molar-refractivity contribution in [3.63, 3.8) is 0 Å². The summed E-state index contributed by atoms with van der Waals surface area (Å²) in [6.45, 7) is 8.43. The number of unbranched alkanes of at least 4 members (excludes halogenated alkanes) is 1. The molecule has 0 fully saturated rings. The van der Waals surface area contributed by atoms with E-state index in [1.54, 1.807) is 26.0 Å². The predicted octanol–water partition coefficient (Wildman–Crippen LogP) is 5.85. The van der Waals surface area contributed by atoms with E-state index in [4.69, 9.17) is 0 Å². The van der Waals surface area contributed by atoms with Crippen molar-refractivity contribution in [1.82, 2.24) is 0 Å². The Balaban J connectivity index is 0.00000254. The number of nitrogens with one attached hydrogen (secondary N) is 1. The highest BCUT2D eigenvalue weighted by atomic mass is 31.0. The maximum atomic E-state index is 13.7. The fraction of sp³-hybridized carbons (Fsp3) is 0.611. The lowest BCUT2D eigenvalue weighted by molar-refractivity contribution is -0.187. The van der Waals surface area contributed by atoms with Crippen LogP contribution in [0.2, 0.25) is 0 Å². The zero-order valence-electron chi connectivity index (χ0n) is 15.2. The van der Waals surface area contributed by atoms with Crippen LogP contribution in [0.25, 0.3) is 0 Å². The van der Waals surface area contributed by atoms with Gasteiger partial charge in [-0.25, -0.2) is 0 Å². The van der Waals surface area contributed by atoms with Crippen molar-refractivity contribution in [1.29, 1.82) is 0 Å². The first-order valence-electron chi connectivity index (χ1n) is 8.21. The number of hydrogen-bond donors (Lipinski definition) is 1. The Labute approximate surface area is 145 Å². The third-order valence-corrected chi connectivity index (χ3v) is 4.02. The summed E-state index contributed by atoms with van der Waals surface area (Å²) < 4.78 is 41.2. The van der Waals surface area contributed by atoms with Crippen LogP contribution in [0.5, 0.6) is 0 Å². The largest absolute Gasteiger partial charge is 0.398 e. The molecule has 0 spiro atoms. The van der Waals surface area contributed by atoms with Crippen molar-refractivity contribution in [3.8, 4) is 0 Å². The minimum absolute atomic E-state index is 0.00541. The number of alkyl halides is 3. The summed E-state index contributed by atoms with van der Waals surface area (Å²) >= 11 is 0. The van der Waals surface area contributed by atoms with Crippen molar-refractivity contribution >= 4 is 20.8 Å². The molecule has 0 saturated heterocycles. The molecule has 6 heteroatoms. The van der Waals surface area contributed by atoms with Gasteiger partial charge >= 0.3 is 6.18 Å². The Morgan fingerprint density at radius 2 is 1.79 bits per heavy atom. The Morgan fingerprint density at radius 3 is 2.25 bits per heavy atom. The van der Waals surface area contributed by atoms with Gasteiger partial charge in [0, 0.05) is 12.1 Å². The highest BCUT2D eigenvalue weighted by Gasteiger charge is 2.52. The summed E-state index contributed by atoms with van der Waals surface area (Å²) in [5, 5.41) is 2.60. The molecule has 0 heterocycles. The molecule has 0 aliphatic heterocycles. The summed E-state index contributed by atoms with van der Waals surface area (Å²) in [5.41, 5.74) is -0.814. The second-order valence-corrected chi connectivity index (χ2v) is 5.88. The molecule has 1 amide bonds. The van der Waals surface area contributed by atoms with Gasteiger partial charge in [0.05, 0.1) is 5.41 Å². The Morgan fingerprint density at radius 1 is 1.21 bits per heavy atom. The van der Waals surface area contributed by atoms with Crippen LogP contribution in [0.4, 0.5) is 18.9 Å². The highest BCUT2D eigenvalue weighted by Crippen LogP contribution is 2.47. The second kappa shape index (κ2) is 10.0. The quantitative estimate of drug-likeness (QED) is 0.632. The summed E-state index contributed by atoms with van der Waals surface area (Å²) in [6, 6.07) is 4.81. The molecular weight excluding hydrogens is 334 g/mol. The number of halogens is 3. The van der Waals surface area contributed by atoms with Crippen molar-refractivity contribution < 1.29 is 18.0 Å². The van der Waals surface area contributed by atoms with Gasteiger partial charge in [-0.1, -0.05) is 51.1 Å². The smallest absolute Gasteiger partial charge is 0.326 e. The fourth-order valence-electron chi connectivity index (χ4n) is 2.42. The number of amides is 1. The predicted molar refractivity (Wildman–Crippen MR) is 98.7 cm³/mol. The molecule has 138 valence electrons. The maximum Gasteiger partial charge on any atom is 0.398 e. The Kier molecular flexibility index (Phi) is 9.57. The molecule has 0 aromatic heterocycles. The van der Waals surface area contributed by atoms with Gasteiger partial charge in [-0.3, -0.25) is 4.79 Å². The minimum Gasteiger partial charge on any atom is -0.326 e. The van der Waals surface area contributed by atoms with Crippen LogP contribution in [0.3, 0.4) is 0 Å². The normalized spacial score (nSPS) is 13.5. The van der Waals surface area contributed by atoms with E-state index < -0.39 is 11.6 Å². The fourth-order valence-corrected chi connectivity index (χ4v) is 2.42.